The van der Waals surface area contributed by atoms with Crippen LogP contribution in [0.15, 0.2) is 24.3 Å². The summed E-state index contributed by atoms with van der Waals surface area (Å²) in [6, 6.07) is 9.99. The van der Waals surface area contributed by atoms with Crippen LogP contribution < -0.4 is 10.1 Å². The highest BCUT2D eigenvalue weighted by Gasteiger charge is 2.38. The first-order valence-corrected chi connectivity index (χ1v) is 7.52. The molecule has 1 aliphatic heterocycles. The van der Waals surface area contributed by atoms with E-state index in [0.717, 1.165) is 29.0 Å². The molecule has 0 bridgehead atoms. The Bertz CT molecular complexity index is 758. The van der Waals surface area contributed by atoms with Gasteiger partial charge in [0.2, 0.25) is 5.91 Å². The Hall–Kier alpha value is -2.81. The molecule has 6 heteroatoms. The lowest BCUT2D eigenvalue weighted by atomic mass is 9.79. The smallest absolute Gasteiger partial charge is 0.243 e. The number of ether oxygens (including phenoxy) is 1. The maximum absolute atomic E-state index is 12.1. The van der Waals surface area contributed by atoms with E-state index in [1.807, 2.05) is 31.2 Å². The van der Waals surface area contributed by atoms with E-state index in [1.54, 1.807) is 7.11 Å². The van der Waals surface area contributed by atoms with Crippen LogP contribution in [0, 0.1) is 24.2 Å². The second-order valence-electron chi connectivity index (χ2n) is 5.70. The van der Waals surface area contributed by atoms with E-state index in [0.29, 0.717) is 12.2 Å². The second-order valence-corrected chi connectivity index (χ2v) is 5.70. The summed E-state index contributed by atoms with van der Waals surface area (Å²) >= 11 is 0. The van der Waals surface area contributed by atoms with E-state index in [-0.39, 0.29) is 11.8 Å². The molecule has 1 amide bonds. The lowest BCUT2D eigenvalue weighted by Gasteiger charge is -2.26. The molecule has 2 heterocycles. The number of rotatable bonds is 4. The summed E-state index contributed by atoms with van der Waals surface area (Å²) in [7, 11) is 1.64. The fraction of sp³-hybridized carbons (Fsp3) is 0.353. The first-order valence-electron chi connectivity index (χ1n) is 7.52. The lowest BCUT2D eigenvalue weighted by molar-refractivity contribution is -0.119. The molecule has 0 spiro atoms. The number of nitriles is 1. The first kappa shape index (κ1) is 15.1. The van der Waals surface area contributed by atoms with Gasteiger partial charge in [0.25, 0.3) is 0 Å². The van der Waals surface area contributed by atoms with Crippen LogP contribution in [0.2, 0.25) is 0 Å². The maximum Gasteiger partial charge on any atom is 0.243 e. The topological polar surface area (TPSA) is 90.8 Å². The molecule has 3 rings (SSSR count). The molecule has 0 fully saturated rings. The molecular weight excluding hydrogens is 292 g/mol. The van der Waals surface area contributed by atoms with Crippen molar-refractivity contribution in [3.05, 3.63) is 41.1 Å². The number of nitrogens with one attached hydrogen (secondary N) is 2. The summed E-state index contributed by atoms with van der Waals surface area (Å²) in [5, 5.41) is 19.1. The number of amides is 1. The Labute approximate surface area is 134 Å². The largest absolute Gasteiger partial charge is 0.497 e. The fourth-order valence-electron chi connectivity index (χ4n) is 3.10. The number of H-pyrrole nitrogens is 1. The van der Waals surface area contributed by atoms with Crippen molar-refractivity contribution in [2.24, 2.45) is 5.92 Å². The number of carbonyl (C=O) groups is 1. The van der Waals surface area contributed by atoms with E-state index in [4.69, 9.17) is 4.74 Å². The standard InChI is InChI=1S/C17H18N4O2/c1-10-15-13(8-5-11-3-6-12(23-2)7-4-11)14(9-18)17(22)19-16(15)21-20-10/h3-4,6-7,13-14H,5,8H2,1-2H3,(H2,19,20,21,22). The van der Waals surface area contributed by atoms with Crippen molar-refractivity contribution >= 4 is 11.7 Å². The van der Waals surface area contributed by atoms with Crippen LogP contribution in [0.1, 0.15) is 29.2 Å². The Morgan fingerprint density at radius 1 is 1.35 bits per heavy atom. The van der Waals surface area contributed by atoms with Gasteiger partial charge in [-0.3, -0.25) is 9.89 Å². The van der Waals surface area contributed by atoms with E-state index in [1.165, 1.54) is 0 Å². The molecule has 6 nitrogen and oxygen atoms in total. The van der Waals surface area contributed by atoms with Crippen LogP contribution in [-0.2, 0) is 11.2 Å². The van der Waals surface area contributed by atoms with Gasteiger partial charge >= 0.3 is 0 Å². The Morgan fingerprint density at radius 2 is 2.09 bits per heavy atom. The molecule has 2 unspecified atom stereocenters. The minimum absolute atomic E-state index is 0.149. The van der Waals surface area contributed by atoms with Gasteiger partial charge in [-0.25, -0.2) is 0 Å². The summed E-state index contributed by atoms with van der Waals surface area (Å²) in [5.74, 6) is 0.264. The van der Waals surface area contributed by atoms with Crippen LogP contribution >= 0.6 is 0 Å². The summed E-state index contributed by atoms with van der Waals surface area (Å²) < 4.78 is 5.16. The number of aromatic amines is 1. The van der Waals surface area contributed by atoms with Crippen LogP contribution in [-0.4, -0.2) is 23.2 Å². The predicted molar refractivity (Wildman–Crippen MR) is 85.1 cm³/mol. The van der Waals surface area contributed by atoms with Crippen LogP contribution in [0.4, 0.5) is 5.82 Å². The van der Waals surface area contributed by atoms with Gasteiger partial charge in [0.1, 0.15) is 11.7 Å². The lowest BCUT2D eigenvalue weighted by Crippen LogP contribution is -2.33. The number of hydrogen-bond acceptors (Lipinski definition) is 4. The van der Waals surface area contributed by atoms with Crippen molar-refractivity contribution in [1.82, 2.24) is 10.2 Å². The third-order valence-electron chi connectivity index (χ3n) is 4.33. The van der Waals surface area contributed by atoms with Gasteiger partial charge in [0.15, 0.2) is 5.82 Å². The molecule has 0 aliphatic carbocycles. The van der Waals surface area contributed by atoms with Gasteiger partial charge in [-0.05, 0) is 37.5 Å². The molecule has 1 aromatic carbocycles. The molecule has 2 N–H and O–H groups in total. The highest BCUT2D eigenvalue weighted by Crippen LogP contribution is 2.39. The number of anilines is 1. The third-order valence-corrected chi connectivity index (χ3v) is 4.33. The zero-order valence-corrected chi connectivity index (χ0v) is 13.1. The van der Waals surface area contributed by atoms with Gasteiger partial charge in [-0.15, -0.1) is 0 Å². The van der Waals surface area contributed by atoms with Crippen LogP contribution in [0.5, 0.6) is 5.75 Å². The van der Waals surface area contributed by atoms with Crippen molar-refractivity contribution in [2.75, 3.05) is 12.4 Å². The zero-order chi connectivity index (χ0) is 16.4. The van der Waals surface area contributed by atoms with Gasteiger partial charge in [-0.1, -0.05) is 12.1 Å². The van der Waals surface area contributed by atoms with Crippen molar-refractivity contribution < 1.29 is 9.53 Å². The zero-order valence-electron chi connectivity index (χ0n) is 13.1. The van der Waals surface area contributed by atoms with Gasteiger partial charge in [0, 0.05) is 17.2 Å². The summed E-state index contributed by atoms with van der Waals surface area (Å²) in [5.41, 5.74) is 3.00. The maximum atomic E-state index is 12.1. The second kappa shape index (κ2) is 6.13. The average Bonchev–Trinajstić information content (AvgIpc) is 2.93. The highest BCUT2D eigenvalue weighted by molar-refractivity contribution is 5.97. The van der Waals surface area contributed by atoms with Crippen molar-refractivity contribution in [3.8, 4) is 11.8 Å². The van der Waals surface area contributed by atoms with Crippen molar-refractivity contribution in [1.29, 1.82) is 5.26 Å². The summed E-state index contributed by atoms with van der Waals surface area (Å²) in [4.78, 5) is 12.1. The molecule has 23 heavy (non-hydrogen) atoms. The molecule has 2 atom stereocenters. The number of aryl methyl sites for hydroxylation is 2. The van der Waals surface area contributed by atoms with Crippen molar-refractivity contribution in [2.45, 2.75) is 25.7 Å². The normalized spacial score (nSPS) is 19.6. The average molecular weight is 310 g/mol. The first-order chi connectivity index (χ1) is 11.1. The number of carbonyl (C=O) groups excluding carboxylic acids is 1. The molecule has 2 aromatic rings. The predicted octanol–water partition coefficient (Wildman–Crippen LogP) is 2.54. The summed E-state index contributed by atoms with van der Waals surface area (Å²) in [6.45, 7) is 1.91. The van der Waals surface area contributed by atoms with Gasteiger partial charge < -0.3 is 10.1 Å². The fourth-order valence-corrected chi connectivity index (χ4v) is 3.10. The Balaban J connectivity index is 1.83. The number of methoxy groups -OCH3 is 1. The number of aromatic nitrogens is 2. The SMILES string of the molecule is COc1ccc(CCC2c3c(n[nH]c3C)NC(=O)C2C#N)cc1. The molecule has 0 saturated heterocycles. The number of hydrogen-bond donors (Lipinski definition) is 2. The van der Waals surface area contributed by atoms with Gasteiger partial charge in [-0.2, -0.15) is 10.4 Å². The quantitative estimate of drug-likeness (QED) is 0.908. The monoisotopic (exact) mass is 310 g/mol. The van der Waals surface area contributed by atoms with Crippen LogP contribution in [0.25, 0.3) is 0 Å². The molecule has 1 aliphatic rings. The molecule has 118 valence electrons. The Morgan fingerprint density at radius 3 is 2.74 bits per heavy atom. The van der Waals surface area contributed by atoms with E-state index in [9.17, 15) is 10.1 Å². The number of benzene rings is 1. The molecular formula is C17H18N4O2. The molecule has 0 radical (unpaired) electrons. The van der Waals surface area contributed by atoms with E-state index in [2.05, 4.69) is 21.6 Å². The number of fused-ring (bicyclic) bond motifs is 1. The van der Waals surface area contributed by atoms with Crippen molar-refractivity contribution in [3.63, 3.8) is 0 Å². The highest BCUT2D eigenvalue weighted by atomic mass is 16.5. The molecule has 1 aromatic heterocycles. The van der Waals surface area contributed by atoms with Crippen LogP contribution in [0.3, 0.4) is 0 Å². The molecule has 0 saturated carbocycles. The van der Waals surface area contributed by atoms with E-state index < -0.39 is 5.92 Å². The van der Waals surface area contributed by atoms with E-state index >= 15 is 0 Å². The summed E-state index contributed by atoms with van der Waals surface area (Å²) in [6.07, 6.45) is 1.50. The minimum atomic E-state index is -0.683. The Kier molecular flexibility index (Phi) is 4.02. The van der Waals surface area contributed by atoms with Gasteiger partial charge in [0.05, 0.1) is 13.2 Å². The minimum Gasteiger partial charge on any atom is -0.497 e. The number of nitrogens with zero attached hydrogens (tertiary/aromatic N) is 2. The third kappa shape index (κ3) is 2.78.